The molecule has 4 aliphatic rings. The van der Waals surface area contributed by atoms with Crippen LogP contribution in [0.25, 0.3) is 0 Å². The van der Waals surface area contributed by atoms with Crippen LogP contribution in [-0.2, 0) is 4.74 Å². The number of rotatable bonds is 7. The highest BCUT2D eigenvalue weighted by atomic mass is 16.5. The van der Waals surface area contributed by atoms with Gasteiger partial charge in [-0.25, -0.2) is 4.79 Å². The maximum atomic E-state index is 13.4. The largest absolute Gasteiger partial charge is 0.458 e. The molecule has 5 rings (SSSR count). The first-order valence-electron chi connectivity index (χ1n) is 16.0. The van der Waals surface area contributed by atoms with Gasteiger partial charge in [0, 0.05) is 23.2 Å². The number of esters is 1. The van der Waals surface area contributed by atoms with Gasteiger partial charge in [-0.2, -0.15) is 0 Å². The second-order valence-corrected chi connectivity index (χ2v) is 15.0. The van der Waals surface area contributed by atoms with E-state index in [2.05, 4.69) is 34.6 Å². The molecule has 4 aliphatic carbocycles. The van der Waals surface area contributed by atoms with Gasteiger partial charge in [0.05, 0.1) is 11.7 Å². The van der Waals surface area contributed by atoms with Crippen molar-refractivity contribution >= 4 is 17.3 Å². The van der Waals surface area contributed by atoms with E-state index in [1.807, 2.05) is 0 Å². The van der Waals surface area contributed by atoms with Crippen LogP contribution in [0, 0.1) is 52.3 Å². The fourth-order valence-electron chi connectivity index (χ4n) is 10.5. The first-order chi connectivity index (χ1) is 18.4. The van der Waals surface area contributed by atoms with Crippen molar-refractivity contribution in [3.63, 3.8) is 0 Å². The Balaban J connectivity index is 1.36. The van der Waals surface area contributed by atoms with Crippen LogP contribution >= 0.6 is 0 Å². The number of aliphatic hydroxyl groups is 1. The third-order valence-electron chi connectivity index (χ3n) is 12.4. The van der Waals surface area contributed by atoms with Gasteiger partial charge in [-0.15, -0.1) is 0 Å². The summed E-state index contributed by atoms with van der Waals surface area (Å²) < 4.78 is 6.33. The molecule has 0 saturated heterocycles. The quantitative estimate of drug-likeness (QED) is 0.247. The third kappa shape index (κ3) is 5.22. The Kier molecular flexibility index (Phi) is 8.05. The molecule has 1 aromatic carbocycles. The first kappa shape index (κ1) is 28.8. The maximum absolute atomic E-state index is 13.4. The molecule has 0 spiro atoms. The summed E-state index contributed by atoms with van der Waals surface area (Å²) in [4.78, 5) is 13.4. The number of nitrogen functional groups attached to an aromatic ring is 2. The molecule has 0 aliphatic heterocycles. The third-order valence-corrected chi connectivity index (χ3v) is 12.4. The maximum Gasteiger partial charge on any atom is 0.338 e. The molecule has 0 aromatic heterocycles. The summed E-state index contributed by atoms with van der Waals surface area (Å²) in [6.07, 6.45) is 12.3. The summed E-state index contributed by atoms with van der Waals surface area (Å²) >= 11 is 0. The molecule has 4 fully saturated rings. The Morgan fingerprint density at radius 2 is 1.69 bits per heavy atom. The number of benzene rings is 1. The van der Waals surface area contributed by atoms with Gasteiger partial charge >= 0.3 is 5.97 Å². The smallest absolute Gasteiger partial charge is 0.338 e. The summed E-state index contributed by atoms with van der Waals surface area (Å²) in [7, 11) is 0. The van der Waals surface area contributed by atoms with Crippen molar-refractivity contribution in [1.29, 1.82) is 0 Å². The predicted octanol–water partition coefficient (Wildman–Crippen LogP) is 7.47. The number of carbonyl (C=O) groups excluding carboxylic acids is 1. The zero-order valence-corrected chi connectivity index (χ0v) is 25.1. The van der Waals surface area contributed by atoms with Crippen molar-refractivity contribution < 1.29 is 14.6 Å². The molecule has 0 heterocycles. The van der Waals surface area contributed by atoms with Crippen molar-refractivity contribution in [2.75, 3.05) is 11.5 Å². The molecule has 5 N–H and O–H groups in total. The minimum Gasteiger partial charge on any atom is -0.458 e. The van der Waals surface area contributed by atoms with Crippen LogP contribution in [0.1, 0.15) is 116 Å². The van der Waals surface area contributed by atoms with E-state index in [1.54, 1.807) is 18.2 Å². The Hall–Kier alpha value is -1.75. The highest BCUT2D eigenvalue weighted by molar-refractivity contribution is 5.91. The Morgan fingerprint density at radius 3 is 2.38 bits per heavy atom. The average molecular weight is 539 g/mol. The number of nitrogens with two attached hydrogens (primary N) is 2. The van der Waals surface area contributed by atoms with Gasteiger partial charge in [-0.05, 0) is 110 Å². The van der Waals surface area contributed by atoms with Gasteiger partial charge in [0.15, 0.2) is 0 Å². The lowest BCUT2D eigenvalue weighted by atomic mass is 9.43. The van der Waals surface area contributed by atoms with E-state index in [0.29, 0.717) is 46.5 Å². The van der Waals surface area contributed by atoms with Gasteiger partial charge in [-0.3, -0.25) is 0 Å². The fraction of sp³-hybridized carbons (Fsp3) is 0.794. The molecule has 5 nitrogen and oxygen atoms in total. The molecule has 1 aromatic rings. The lowest BCUT2D eigenvalue weighted by Gasteiger charge is -2.62. The van der Waals surface area contributed by atoms with E-state index in [1.165, 1.54) is 51.4 Å². The van der Waals surface area contributed by atoms with Crippen molar-refractivity contribution in [3.8, 4) is 0 Å². The summed E-state index contributed by atoms with van der Waals surface area (Å²) in [5.74, 6) is 4.45. The van der Waals surface area contributed by atoms with Crippen LogP contribution in [0.15, 0.2) is 18.2 Å². The number of hydrogen-bond acceptors (Lipinski definition) is 5. The van der Waals surface area contributed by atoms with Gasteiger partial charge in [-0.1, -0.05) is 53.9 Å². The van der Waals surface area contributed by atoms with Gasteiger partial charge < -0.3 is 21.3 Å². The van der Waals surface area contributed by atoms with Crippen LogP contribution < -0.4 is 11.5 Å². The molecule has 39 heavy (non-hydrogen) atoms. The molecule has 4 saturated carbocycles. The number of hydrogen-bond donors (Lipinski definition) is 3. The second-order valence-electron chi connectivity index (χ2n) is 15.0. The summed E-state index contributed by atoms with van der Waals surface area (Å²) in [5.41, 5.74) is 13.6. The Bertz CT molecular complexity index is 1020. The SMILES string of the molecule is CC(C)CCC[C@@H](C)[C@H]1CC[C@H]2[C@H]3CC[C@@H]4C[C@H](O)CC(OC(=O)c5cc(N)cc(N)c5)[C@]4(C)[C@H]3CC[C@]12C. The zero-order valence-electron chi connectivity index (χ0n) is 25.1. The van der Waals surface area contributed by atoms with Crippen molar-refractivity contribution in [2.24, 2.45) is 52.3 Å². The highest BCUT2D eigenvalue weighted by Crippen LogP contribution is 2.68. The molecule has 218 valence electrons. The van der Waals surface area contributed by atoms with Crippen LogP contribution in [-0.4, -0.2) is 23.3 Å². The Morgan fingerprint density at radius 1 is 0.974 bits per heavy atom. The van der Waals surface area contributed by atoms with E-state index in [9.17, 15) is 9.90 Å². The minimum atomic E-state index is -0.417. The molecular weight excluding hydrogens is 484 g/mol. The minimum absolute atomic E-state index is 0.105. The number of aliphatic hydroxyl groups excluding tert-OH is 1. The number of anilines is 2. The van der Waals surface area contributed by atoms with E-state index >= 15 is 0 Å². The van der Waals surface area contributed by atoms with Crippen molar-refractivity contribution in [2.45, 2.75) is 117 Å². The molecule has 0 bridgehead atoms. The van der Waals surface area contributed by atoms with Crippen LogP contribution in [0.5, 0.6) is 0 Å². The van der Waals surface area contributed by atoms with Crippen LogP contribution in [0.2, 0.25) is 0 Å². The highest BCUT2D eigenvalue weighted by Gasteiger charge is 2.63. The molecule has 1 unspecified atom stereocenters. The normalized spacial score (nSPS) is 40.4. The first-order valence-corrected chi connectivity index (χ1v) is 16.0. The molecule has 0 radical (unpaired) electrons. The number of carbonyl (C=O) groups is 1. The molecule has 0 amide bonds. The Labute approximate surface area is 236 Å². The van der Waals surface area contributed by atoms with Crippen molar-refractivity contribution in [3.05, 3.63) is 23.8 Å². The standard InChI is InChI=1S/C34H54N2O3/c1-20(2)7-6-8-21(3)28-11-12-29-27-10-9-23-17-26(37)19-31(34(23,5)30(27)13-14-33(28,29)4)39-32(38)22-15-24(35)18-25(36)16-22/h15-16,18,20-21,23,26-31,37H,6-14,17,19,35-36H2,1-5H3/t21-,23-,26+,27-,28-,29+,30+,31?,33-,34+/m1/s1. The van der Waals surface area contributed by atoms with E-state index in [4.69, 9.17) is 16.2 Å². The van der Waals surface area contributed by atoms with E-state index < -0.39 is 6.10 Å². The summed E-state index contributed by atoms with van der Waals surface area (Å²) in [6, 6.07) is 4.95. The molecule has 10 atom stereocenters. The average Bonchev–Trinajstić information content (AvgIpc) is 3.21. The van der Waals surface area contributed by atoms with Gasteiger partial charge in [0.1, 0.15) is 6.10 Å². The van der Waals surface area contributed by atoms with Gasteiger partial charge in [0.25, 0.3) is 0 Å². The lowest BCUT2D eigenvalue weighted by Crippen LogP contribution is -2.60. The molecule has 5 heteroatoms. The fourth-order valence-corrected chi connectivity index (χ4v) is 10.5. The van der Waals surface area contributed by atoms with E-state index in [-0.39, 0.29) is 17.5 Å². The summed E-state index contributed by atoms with van der Waals surface area (Å²) in [5, 5.41) is 10.9. The number of fused-ring (bicyclic) bond motifs is 5. The number of ether oxygens (including phenoxy) is 1. The van der Waals surface area contributed by atoms with E-state index in [0.717, 1.165) is 36.5 Å². The topological polar surface area (TPSA) is 98.6 Å². The van der Waals surface area contributed by atoms with Crippen LogP contribution in [0.4, 0.5) is 11.4 Å². The lowest BCUT2D eigenvalue weighted by molar-refractivity contribution is -0.183. The van der Waals surface area contributed by atoms with Crippen molar-refractivity contribution in [1.82, 2.24) is 0 Å². The summed E-state index contributed by atoms with van der Waals surface area (Å²) in [6.45, 7) is 12.2. The molecular formula is C34H54N2O3. The second kappa shape index (κ2) is 10.9. The monoisotopic (exact) mass is 538 g/mol. The van der Waals surface area contributed by atoms with Gasteiger partial charge in [0.2, 0.25) is 0 Å². The predicted molar refractivity (Wildman–Crippen MR) is 159 cm³/mol. The van der Waals surface area contributed by atoms with Crippen LogP contribution in [0.3, 0.4) is 0 Å². The zero-order chi connectivity index (χ0) is 28.1.